The summed E-state index contributed by atoms with van der Waals surface area (Å²) in [6.45, 7) is 0. The zero-order chi connectivity index (χ0) is 9.47. The molecule has 1 aliphatic carbocycles. The molecule has 0 heterocycles. The third-order valence-corrected chi connectivity index (χ3v) is 5.59. The van der Waals surface area contributed by atoms with Crippen LogP contribution in [0.3, 0.4) is 0 Å². The Morgan fingerprint density at radius 2 is 2.00 bits per heavy atom. The summed E-state index contributed by atoms with van der Waals surface area (Å²) in [4.78, 5) is 0. The summed E-state index contributed by atoms with van der Waals surface area (Å²) in [5, 5.41) is 0.876. The van der Waals surface area contributed by atoms with Gasteiger partial charge in [-0.1, -0.05) is 23.7 Å². The monoisotopic (exact) mass is 214 g/mol. The van der Waals surface area contributed by atoms with Gasteiger partial charge < -0.3 is 0 Å². The van der Waals surface area contributed by atoms with Crippen LogP contribution in [0, 0.1) is 0 Å². The summed E-state index contributed by atoms with van der Waals surface area (Å²) >= 11 is 5.99. The topological polar surface area (TPSA) is 0 Å². The summed E-state index contributed by atoms with van der Waals surface area (Å²) in [6, 6.07) is 8.38. The summed E-state index contributed by atoms with van der Waals surface area (Å²) < 4.78 is 0.514. The second-order valence-corrected chi connectivity index (χ2v) is 7.02. The van der Waals surface area contributed by atoms with Crippen molar-refractivity contribution in [3.63, 3.8) is 0 Å². The molecule has 0 N–H and O–H groups in total. The van der Waals surface area contributed by atoms with Crippen LogP contribution in [0.1, 0.15) is 18.4 Å². The highest BCUT2D eigenvalue weighted by Crippen LogP contribution is 2.62. The van der Waals surface area contributed by atoms with E-state index in [1.807, 2.05) is 6.07 Å². The number of rotatable bonds is 2. The zero-order valence-electron chi connectivity index (χ0n) is 8.05. The van der Waals surface area contributed by atoms with E-state index in [2.05, 4.69) is 30.7 Å². The van der Waals surface area contributed by atoms with E-state index in [4.69, 9.17) is 11.6 Å². The van der Waals surface area contributed by atoms with Crippen LogP contribution in [0.25, 0.3) is 0 Å². The maximum absolute atomic E-state index is 5.99. The molecule has 1 saturated carbocycles. The molecule has 0 amide bonds. The lowest BCUT2D eigenvalue weighted by Crippen LogP contribution is -2.05. The largest absolute Gasteiger partial charge is 0.250 e. The molecule has 0 bridgehead atoms. The minimum Gasteiger partial charge on any atom is -0.250 e. The van der Waals surface area contributed by atoms with Gasteiger partial charge in [0.05, 0.1) is 0 Å². The van der Waals surface area contributed by atoms with Crippen molar-refractivity contribution in [2.24, 2.45) is 0 Å². The highest BCUT2D eigenvalue weighted by Gasteiger charge is 2.45. The Bertz CT molecular complexity index is 316. The Labute approximate surface area is 87.6 Å². The first-order valence-electron chi connectivity index (χ1n) is 4.59. The highest BCUT2D eigenvalue weighted by molar-refractivity contribution is 8.16. The number of hydrogen-bond acceptors (Lipinski definition) is 0. The minimum absolute atomic E-state index is 0.120. The number of hydrogen-bond donors (Lipinski definition) is 1. The Morgan fingerprint density at radius 1 is 1.31 bits per heavy atom. The molecule has 0 aromatic heterocycles. The third kappa shape index (κ3) is 1.60. The number of thiol groups is 1. The quantitative estimate of drug-likeness (QED) is 0.715. The van der Waals surface area contributed by atoms with Crippen LogP contribution in [0.15, 0.2) is 24.3 Å². The SMILES string of the molecule is C[SH](C)C1(c2cccc(Cl)c2)CC1. The molecule has 1 fully saturated rings. The Balaban J connectivity index is 2.35. The van der Waals surface area contributed by atoms with Crippen LogP contribution in [-0.2, 0) is 4.75 Å². The van der Waals surface area contributed by atoms with Crippen molar-refractivity contribution >= 4 is 22.5 Å². The van der Waals surface area contributed by atoms with Crippen molar-refractivity contribution in [1.29, 1.82) is 0 Å². The van der Waals surface area contributed by atoms with E-state index in [-0.39, 0.29) is 10.9 Å². The second kappa shape index (κ2) is 3.21. The number of benzene rings is 1. The van der Waals surface area contributed by atoms with E-state index in [1.54, 1.807) is 0 Å². The minimum atomic E-state index is 0.120. The average Bonchev–Trinajstić information content (AvgIpc) is 2.83. The molecule has 0 unspecified atom stereocenters. The fourth-order valence-corrected chi connectivity index (χ4v) is 3.74. The van der Waals surface area contributed by atoms with Gasteiger partial charge in [0, 0.05) is 9.77 Å². The fraction of sp³-hybridized carbons (Fsp3) is 0.455. The Kier molecular flexibility index (Phi) is 2.33. The van der Waals surface area contributed by atoms with Crippen molar-refractivity contribution in [3.8, 4) is 0 Å². The predicted octanol–water partition coefficient (Wildman–Crippen LogP) is 3.59. The highest BCUT2D eigenvalue weighted by atomic mass is 35.5. The van der Waals surface area contributed by atoms with E-state index >= 15 is 0 Å². The second-order valence-electron chi connectivity index (χ2n) is 3.94. The zero-order valence-corrected chi connectivity index (χ0v) is 9.70. The van der Waals surface area contributed by atoms with Crippen molar-refractivity contribution < 1.29 is 0 Å². The van der Waals surface area contributed by atoms with Crippen molar-refractivity contribution in [1.82, 2.24) is 0 Å². The molecule has 0 nitrogen and oxygen atoms in total. The molecule has 0 radical (unpaired) electrons. The van der Waals surface area contributed by atoms with Crippen molar-refractivity contribution in [2.75, 3.05) is 12.5 Å². The third-order valence-electron chi connectivity index (χ3n) is 2.94. The van der Waals surface area contributed by atoms with Gasteiger partial charge >= 0.3 is 0 Å². The average molecular weight is 215 g/mol. The smallest absolute Gasteiger partial charge is 0.0409 e. The first-order chi connectivity index (χ1) is 6.15. The number of halogens is 1. The molecular weight excluding hydrogens is 200 g/mol. The van der Waals surface area contributed by atoms with E-state index in [0.717, 1.165) is 5.02 Å². The van der Waals surface area contributed by atoms with Gasteiger partial charge in [-0.05, 0) is 43.0 Å². The normalized spacial score (nSPS) is 19.8. The molecule has 0 spiro atoms. The van der Waals surface area contributed by atoms with Gasteiger partial charge in [0.1, 0.15) is 0 Å². The molecule has 13 heavy (non-hydrogen) atoms. The first kappa shape index (κ1) is 9.42. The Morgan fingerprint density at radius 3 is 2.46 bits per heavy atom. The standard InChI is InChI=1S/C11H15ClS/c1-13(2)11(6-7-11)9-4-3-5-10(12)8-9/h3-5,8,13H,6-7H2,1-2H3. The van der Waals surface area contributed by atoms with Crippen LogP contribution in [0.2, 0.25) is 5.02 Å². The molecule has 2 heteroatoms. The molecule has 2 rings (SSSR count). The maximum Gasteiger partial charge on any atom is 0.0409 e. The summed E-state index contributed by atoms with van der Waals surface area (Å²) in [5.41, 5.74) is 1.45. The van der Waals surface area contributed by atoms with Crippen LogP contribution >= 0.6 is 22.5 Å². The molecule has 72 valence electrons. The molecule has 0 atom stereocenters. The van der Waals surface area contributed by atoms with Crippen LogP contribution in [0.5, 0.6) is 0 Å². The lowest BCUT2D eigenvalue weighted by Gasteiger charge is -2.23. The van der Waals surface area contributed by atoms with Gasteiger partial charge in [-0.2, -0.15) is 0 Å². The molecule has 0 aliphatic heterocycles. The van der Waals surface area contributed by atoms with E-state index in [1.165, 1.54) is 18.4 Å². The lowest BCUT2D eigenvalue weighted by atomic mass is 10.1. The Hall–Kier alpha value is -0.140. The van der Waals surface area contributed by atoms with Gasteiger partial charge in [-0.15, -0.1) is 0 Å². The molecule has 1 aliphatic rings. The van der Waals surface area contributed by atoms with Gasteiger partial charge in [0.15, 0.2) is 0 Å². The fourth-order valence-electron chi connectivity index (χ4n) is 1.89. The van der Waals surface area contributed by atoms with Crippen molar-refractivity contribution in [2.45, 2.75) is 17.6 Å². The summed E-state index contributed by atoms with van der Waals surface area (Å²) in [7, 11) is 0.120. The molecular formula is C11H15ClS. The molecule has 0 saturated heterocycles. The van der Waals surface area contributed by atoms with E-state index < -0.39 is 0 Å². The summed E-state index contributed by atoms with van der Waals surface area (Å²) in [6.07, 6.45) is 7.44. The maximum atomic E-state index is 5.99. The van der Waals surface area contributed by atoms with Crippen LogP contribution in [-0.4, -0.2) is 12.5 Å². The first-order valence-corrected chi connectivity index (χ1v) is 7.20. The van der Waals surface area contributed by atoms with Crippen molar-refractivity contribution in [3.05, 3.63) is 34.9 Å². The predicted molar refractivity (Wildman–Crippen MR) is 63.2 cm³/mol. The van der Waals surface area contributed by atoms with E-state index in [9.17, 15) is 0 Å². The molecule has 1 aromatic rings. The molecule has 1 aromatic carbocycles. The van der Waals surface area contributed by atoms with Gasteiger partial charge in [-0.3, -0.25) is 0 Å². The van der Waals surface area contributed by atoms with Crippen LogP contribution < -0.4 is 0 Å². The summed E-state index contributed by atoms with van der Waals surface area (Å²) in [5.74, 6) is 0. The van der Waals surface area contributed by atoms with Crippen LogP contribution in [0.4, 0.5) is 0 Å². The van der Waals surface area contributed by atoms with E-state index in [0.29, 0.717) is 4.75 Å². The van der Waals surface area contributed by atoms with Gasteiger partial charge in [0.25, 0.3) is 0 Å². The van der Waals surface area contributed by atoms with Gasteiger partial charge in [0.2, 0.25) is 0 Å². The van der Waals surface area contributed by atoms with Gasteiger partial charge in [-0.25, -0.2) is 10.9 Å². The lowest BCUT2D eigenvalue weighted by molar-refractivity contribution is 1.03.